The summed E-state index contributed by atoms with van der Waals surface area (Å²) in [7, 11) is 2.13. The van der Waals surface area contributed by atoms with Crippen LogP contribution in [0.15, 0.2) is 30.3 Å². The molecule has 1 saturated heterocycles. The van der Waals surface area contributed by atoms with Crippen molar-refractivity contribution in [1.82, 2.24) is 4.90 Å². The minimum atomic E-state index is 0.299. The van der Waals surface area contributed by atoms with E-state index in [0.29, 0.717) is 12.0 Å². The number of nitrogens with zero attached hydrogens (tertiary/aromatic N) is 1. The summed E-state index contributed by atoms with van der Waals surface area (Å²) in [5.41, 5.74) is 7.43. The molecule has 0 radical (unpaired) electrons. The molecule has 1 aliphatic heterocycles. The molecule has 70 valence electrons. The van der Waals surface area contributed by atoms with Crippen LogP contribution in [0.1, 0.15) is 11.5 Å². The molecule has 0 aliphatic carbocycles. The Kier molecular flexibility index (Phi) is 2.34. The predicted molar refractivity (Wildman–Crippen MR) is 54.7 cm³/mol. The summed E-state index contributed by atoms with van der Waals surface area (Å²) in [6.07, 6.45) is 0. The van der Waals surface area contributed by atoms with Crippen LogP contribution in [0.2, 0.25) is 0 Å². The largest absolute Gasteiger partial charge is 0.326 e. The summed E-state index contributed by atoms with van der Waals surface area (Å²) in [6.45, 7) is 2.10. The lowest BCUT2D eigenvalue weighted by Gasteiger charge is -2.13. The Morgan fingerprint density at radius 1 is 1.23 bits per heavy atom. The topological polar surface area (TPSA) is 29.3 Å². The maximum Gasteiger partial charge on any atom is 0.0249 e. The highest BCUT2D eigenvalue weighted by molar-refractivity contribution is 5.23. The summed E-state index contributed by atoms with van der Waals surface area (Å²) in [4.78, 5) is 2.29. The minimum absolute atomic E-state index is 0.299. The van der Waals surface area contributed by atoms with Crippen LogP contribution < -0.4 is 5.73 Å². The summed E-state index contributed by atoms with van der Waals surface area (Å²) in [6, 6.07) is 10.9. The van der Waals surface area contributed by atoms with Crippen molar-refractivity contribution in [3.63, 3.8) is 0 Å². The van der Waals surface area contributed by atoms with Gasteiger partial charge in [-0.05, 0) is 12.6 Å². The first-order valence-electron chi connectivity index (χ1n) is 4.76. The van der Waals surface area contributed by atoms with E-state index >= 15 is 0 Å². The van der Waals surface area contributed by atoms with Gasteiger partial charge >= 0.3 is 0 Å². The fourth-order valence-corrected chi connectivity index (χ4v) is 2.09. The van der Waals surface area contributed by atoms with E-state index in [1.807, 2.05) is 6.07 Å². The van der Waals surface area contributed by atoms with E-state index in [-0.39, 0.29) is 0 Å². The highest BCUT2D eigenvalue weighted by atomic mass is 15.1. The van der Waals surface area contributed by atoms with Crippen molar-refractivity contribution < 1.29 is 0 Å². The van der Waals surface area contributed by atoms with Crippen LogP contribution in [0.3, 0.4) is 0 Å². The molecule has 1 aliphatic rings. The number of likely N-dealkylation sites (N-methyl/N-ethyl adjacent to an activating group) is 1. The van der Waals surface area contributed by atoms with Crippen molar-refractivity contribution >= 4 is 0 Å². The quantitative estimate of drug-likeness (QED) is 0.693. The number of hydrogen-bond donors (Lipinski definition) is 1. The van der Waals surface area contributed by atoms with Gasteiger partial charge in [-0.2, -0.15) is 0 Å². The van der Waals surface area contributed by atoms with E-state index in [2.05, 4.69) is 36.2 Å². The van der Waals surface area contributed by atoms with E-state index in [4.69, 9.17) is 5.73 Å². The Bertz CT molecular complexity index is 271. The van der Waals surface area contributed by atoms with Crippen LogP contribution in [0, 0.1) is 0 Å². The molecule has 0 saturated carbocycles. The van der Waals surface area contributed by atoms with E-state index < -0.39 is 0 Å². The molecule has 0 bridgehead atoms. The third-order valence-corrected chi connectivity index (χ3v) is 2.78. The summed E-state index contributed by atoms with van der Waals surface area (Å²) in [5, 5.41) is 0. The summed E-state index contributed by atoms with van der Waals surface area (Å²) < 4.78 is 0. The molecule has 2 rings (SSSR count). The summed E-state index contributed by atoms with van der Waals surface area (Å²) in [5.74, 6) is 0.520. The molecule has 1 aromatic rings. The number of hydrogen-bond acceptors (Lipinski definition) is 2. The Morgan fingerprint density at radius 3 is 2.46 bits per heavy atom. The van der Waals surface area contributed by atoms with E-state index in [1.54, 1.807) is 0 Å². The van der Waals surface area contributed by atoms with Gasteiger partial charge in [0.25, 0.3) is 0 Å². The van der Waals surface area contributed by atoms with Gasteiger partial charge in [0, 0.05) is 25.0 Å². The van der Waals surface area contributed by atoms with Crippen LogP contribution in [0.25, 0.3) is 0 Å². The zero-order valence-electron chi connectivity index (χ0n) is 7.98. The lowest BCUT2D eigenvalue weighted by atomic mass is 9.95. The van der Waals surface area contributed by atoms with Crippen molar-refractivity contribution in [1.29, 1.82) is 0 Å². The molecule has 13 heavy (non-hydrogen) atoms. The Labute approximate surface area is 79.4 Å². The Morgan fingerprint density at radius 2 is 1.92 bits per heavy atom. The second-order valence-electron chi connectivity index (χ2n) is 3.90. The van der Waals surface area contributed by atoms with Gasteiger partial charge in [0.15, 0.2) is 0 Å². The van der Waals surface area contributed by atoms with Gasteiger partial charge < -0.3 is 10.6 Å². The molecule has 1 fully saturated rings. The molecule has 0 aromatic heterocycles. The second kappa shape index (κ2) is 3.48. The van der Waals surface area contributed by atoms with Crippen LogP contribution in [0.4, 0.5) is 0 Å². The zero-order chi connectivity index (χ0) is 9.26. The average molecular weight is 176 g/mol. The summed E-state index contributed by atoms with van der Waals surface area (Å²) >= 11 is 0. The number of benzene rings is 1. The van der Waals surface area contributed by atoms with Gasteiger partial charge in [-0.25, -0.2) is 0 Å². The van der Waals surface area contributed by atoms with Gasteiger partial charge in [-0.1, -0.05) is 30.3 Å². The maximum atomic E-state index is 6.06. The van der Waals surface area contributed by atoms with Crippen LogP contribution in [0.5, 0.6) is 0 Å². The zero-order valence-corrected chi connectivity index (χ0v) is 7.98. The first-order valence-corrected chi connectivity index (χ1v) is 4.76. The third kappa shape index (κ3) is 1.74. The monoisotopic (exact) mass is 176 g/mol. The number of likely N-dealkylation sites (tertiary alicyclic amines) is 1. The highest BCUT2D eigenvalue weighted by Gasteiger charge is 2.28. The van der Waals surface area contributed by atoms with E-state index in [1.165, 1.54) is 5.56 Å². The van der Waals surface area contributed by atoms with Crippen molar-refractivity contribution in [2.75, 3.05) is 20.1 Å². The number of rotatable bonds is 1. The molecule has 2 heteroatoms. The fourth-order valence-electron chi connectivity index (χ4n) is 2.09. The van der Waals surface area contributed by atoms with Crippen molar-refractivity contribution in [3.8, 4) is 0 Å². The predicted octanol–water partition coefficient (Wildman–Crippen LogP) is 1.04. The first-order chi connectivity index (χ1) is 6.27. The Balaban J connectivity index is 2.18. The smallest absolute Gasteiger partial charge is 0.0249 e. The fraction of sp³-hybridized carbons (Fsp3) is 0.455. The lowest BCUT2D eigenvalue weighted by Crippen LogP contribution is -2.27. The molecule has 2 nitrogen and oxygen atoms in total. The molecule has 1 heterocycles. The SMILES string of the molecule is CN1CC(c2ccccc2)[C@H](N)C1. The third-order valence-electron chi connectivity index (χ3n) is 2.78. The highest BCUT2D eigenvalue weighted by Crippen LogP contribution is 2.24. The molecule has 1 unspecified atom stereocenters. The van der Waals surface area contributed by atoms with Gasteiger partial charge in [-0.3, -0.25) is 0 Å². The molecule has 1 aromatic carbocycles. The molecular weight excluding hydrogens is 160 g/mol. The van der Waals surface area contributed by atoms with Gasteiger partial charge in [0.1, 0.15) is 0 Å². The van der Waals surface area contributed by atoms with E-state index in [0.717, 1.165) is 13.1 Å². The van der Waals surface area contributed by atoms with Crippen LogP contribution >= 0.6 is 0 Å². The standard InChI is InChI=1S/C11H16N2/c1-13-7-10(11(12)8-13)9-5-3-2-4-6-9/h2-6,10-11H,7-8,12H2,1H3/t10?,11-/m1/s1. The molecule has 2 N–H and O–H groups in total. The normalized spacial score (nSPS) is 29.4. The van der Waals surface area contributed by atoms with Crippen molar-refractivity contribution in [3.05, 3.63) is 35.9 Å². The van der Waals surface area contributed by atoms with Crippen LogP contribution in [-0.4, -0.2) is 31.1 Å². The number of nitrogens with two attached hydrogens (primary N) is 1. The Hall–Kier alpha value is -0.860. The van der Waals surface area contributed by atoms with E-state index in [9.17, 15) is 0 Å². The molecule has 0 amide bonds. The lowest BCUT2D eigenvalue weighted by molar-refractivity contribution is 0.407. The van der Waals surface area contributed by atoms with Gasteiger partial charge in [-0.15, -0.1) is 0 Å². The van der Waals surface area contributed by atoms with Gasteiger partial charge in [0.05, 0.1) is 0 Å². The molecule has 2 atom stereocenters. The molecule has 0 spiro atoms. The van der Waals surface area contributed by atoms with Crippen LogP contribution in [-0.2, 0) is 0 Å². The maximum absolute atomic E-state index is 6.06. The average Bonchev–Trinajstić information content (AvgIpc) is 2.47. The minimum Gasteiger partial charge on any atom is -0.326 e. The van der Waals surface area contributed by atoms with Crippen molar-refractivity contribution in [2.45, 2.75) is 12.0 Å². The molecular formula is C11H16N2. The second-order valence-corrected chi connectivity index (χ2v) is 3.90. The first kappa shape index (κ1) is 8.73. The van der Waals surface area contributed by atoms with Crippen molar-refractivity contribution in [2.24, 2.45) is 5.73 Å². The van der Waals surface area contributed by atoms with Gasteiger partial charge in [0.2, 0.25) is 0 Å².